The third kappa shape index (κ3) is 8.19. The van der Waals surface area contributed by atoms with E-state index >= 15 is 0 Å². The molecule has 0 N–H and O–H groups in total. The maximum atomic E-state index is 11.6. The van der Waals surface area contributed by atoms with E-state index in [1.807, 2.05) is 6.92 Å². The molecule has 0 fully saturated rings. The fraction of sp³-hybridized carbons (Fsp3) is 0.714. The maximum absolute atomic E-state index is 11.6. The summed E-state index contributed by atoms with van der Waals surface area (Å²) in [7, 11) is 0. The minimum Gasteiger partial charge on any atom is -0.463 e. The van der Waals surface area contributed by atoms with Gasteiger partial charge in [0.25, 0.3) is 0 Å². The summed E-state index contributed by atoms with van der Waals surface area (Å²) < 4.78 is 14.9. The minimum atomic E-state index is -0.795. The molecule has 7 nitrogen and oxygen atoms in total. The maximum Gasteiger partial charge on any atom is 0.330 e. The van der Waals surface area contributed by atoms with Gasteiger partial charge in [0.05, 0.1) is 18.6 Å². The van der Waals surface area contributed by atoms with Crippen molar-refractivity contribution in [3.8, 4) is 0 Å². The Balaban J connectivity index is 3.82. The highest BCUT2D eigenvalue weighted by Gasteiger charge is 2.26. The van der Waals surface area contributed by atoms with Crippen molar-refractivity contribution in [3.05, 3.63) is 17.6 Å². The normalized spacial score (nSPS) is 12.3. The summed E-state index contributed by atoms with van der Waals surface area (Å²) in [6.07, 6.45) is 1.68. The van der Waals surface area contributed by atoms with Crippen LogP contribution in [0.15, 0.2) is 17.8 Å². The van der Waals surface area contributed by atoms with Gasteiger partial charge in [0.15, 0.2) is 0 Å². The predicted octanol–water partition coefficient (Wildman–Crippen LogP) is 1.85. The molecule has 0 aromatic carbocycles. The Kier molecular flexibility index (Phi) is 9.20. The molecule has 0 heterocycles. The Morgan fingerprint density at radius 2 is 1.90 bits per heavy atom. The highest BCUT2D eigenvalue weighted by Crippen LogP contribution is 2.21. The van der Waals surface area contributed by atoms with Crippen LogP contribution in [0.5, 0.6) is 0 Å². The van der Waals surface area contributed by atoms with Gasteiger partial charge in [-0.1, -0.05) is 18.7 Å². The molecule has 120 valence electrons. The van der Waals surface area contributed by atoms with Crippen LogP contribution < -0.4 is 0 Å². The van der Waals surface area contributed by atoms with Crippen LogP contribution in [0.3, 0.4) is 0 Å². The van der Waals surface area contributed by atoms with E-state index in [-0.39, 0.29) is 32.4 Å². The third-order valence-electron chi connectivity index (χ3n) is 2.94. The fourth-order valence-corrected chi connectivity index (χ4v) is 1.10. The Morgan fingerprint density at radius 3 is 2.43 bits per heavy atom. The van der Waals surface area contributed by atoms with E-state index in [0.717, 1.165) is 6.08 Å². The predicted molar refractivity (Wildman–Crippen MR) is 76.6 cm³/mol. The Morgan fingerprint density at radius 1 is 1.24 bits per heavy atom. The molecule has 0 spiro atoms. The molecule has 0 amide bonds. The molecule has 1 atom stereocenters. The topological polar surface area (TPSA) is 91.3 Å². The smallest absolute Gasteiger partial charge is 0.330 e. The highest BCUT2D eigenvalue weighted by molar-refractivity contribution is 5.81. The van der Waals surface area contributed by atoms with Crippen LogP contribution in [0, 0.1) is 10.3 Å². The second-order valence-corrected chi connectivity index (χ2v) is 5.04. The third-order valence-corrected chi connectivity index (χ3v) is 2.94. The van der Waals surface area contributed by atoms with Crippen molar-refractivity contribution in [1.29, 1.82) is 0 Å². The first kappa shape index (κ1) is 19.2. The minimum absolute atomic E-state index is 0.0113. The summed E-state index contributed by atoms with van der Waals surface area (Å²) in [4.78, 5) is 33.0. The van der Waals surface area contributed by atoms with Crippen LogP contribution in [0.25, 0.3) is 0 Å². The molecule has 7 heteroatoms. The molecule has 0 aliphatic rings. The first-order chi connectivity index (χ1) is 9.87. The summed E-state index contributed by atoms with van der Waals surface area (Å²) in [5, 5.41) is 2.79. The molecule has 0 rings (SSSR count). The van der Waals surface area contributed by atoms with Crippen molar-refractivity contribution in [2.24, 2.45) is 10.6 Å². The lowest BCUT2D eigenvalue weighted by atomic mass is 9.91. The number of esters is 2. The Hall–Kier alpha value is -1.76. The number of carbonyl (C=O) groups is 2. The quantitative estimate of drug-likeness (QED) is 0.250. The number of rotatable bonds is 11. The van der Waals surface area contributed by atoms with E-state index < -0.39 is 17.4 Å². The van der Waals surface area contributed by atoms with E-state index in [1.165, 1.54) is 0 Å². The zero-order valence-corrected chi connectivity index (χ0v) is 12.8. The van der Waals surface area contributed by atoms with Gasteiger partial charge in [-0.05, 0) is 20.3 Å². The summed E-state index contributed by atoms with van der Waals surface area (Å²) in [5.74, 6) is -0.919. The van der Waals surface area contributed by atoms with Crippen molar-refractivity contribution in [2.45, 2.75) is 33.2 Å². The van der Waals surface area contributed by atoms with E-state index in [0.29, 0.717) is 6.42 Å². The van der Waals surface area contributed by atoms with Gasteiger partial charge in [-0.25, -0.2) is 4.79 Å². The summed E-state index contributed by atoms with van der Waals surface area (Å²) >= 11 is 0. The first-order valence-corrected chi connectivity index (χ1v) is 6.74. The number of hydrogen-bond donors (Lipinski definition) is 0. The molecule has 1 unspecified atom stereocenters. The molecule has 0 bridgehead atoms. The summed E-state index contributed by atoms with van der Waals surface area (Å²) in [6, 6.07) is -0.795. The average Bonchev–Trinajstić information content (AvgIpc) is 2.49. The SMILES string of the molecule is C=CC(=O)OCC(COCCOC(=O)C(C)(C)CC)N=O. The van der Waals surface area contributed by atoms with Gasteiger partial charge in [-0.2, -0.15) is 4.91 Å². The number of nitrogens with zero attached hydrogens (tertiary/aromatic N) is 1. The molecule has 21 heavy (non-hydrogen) atoms. The lowest BCUT2D eigenvalue weighted by molar-refractivity contribution is -0.155. The van der Waals surface area contributed by atoms with E-state index in [1.54, 1.807) is 13.8 Å². The van der Waals surface area contributed by atoms with Gasteiger partial charge in [0.1, 0.15) is 19.3 Å². The lowest BCUT2D eigenvalue weighted by Gasteiger charge is -2.20. The van der Waals surface area contributed by atoms with Gasteiger partial charge in [-0.3, -0.25) is 4.79 Å². The lowest BCUT2D eigenvalue weighted by Crippen LogP contribution is -2.27. The molecule has 0 radical (unpaired) electrons. The van der Waals surface area contributed by atoms with Crippen LogP contribution in [0.1, 0.15) is 27.2 Å². The number of carbonyl (C=O) groups excluding carboxylic acids is 2. The standard InChI is InChI=1S/C14H23NO6/c1-5-12(16)21-10-11(15-18)9-19-7-8-20-13(17)14(3,4)6-2/h5,11H,1,6-10H2,2-4H3. The van der Waals surface area contributed by atoms with Gasteiger partial charge >= 0.3 is 11.9 Å². The van der Waals surface area contributed by atoms with Crippen LogP contribution in [0.2, 0.25) is 0 Å². The largest absolute Gasteiger partial charge is 0.463 e. The zero-order valence-electron chi connectivity index (χ0n) is 12.8. The van der Waals surface area contributed by atoms with Gasteiger partial charge < -0.3 is 14.2 Å². The molecule has 0 aliphatic heterocycles. The van der Waals surface area contributed by atoms with Crippen LogP contribution in [-0.4, -0.2) is 44.4 Å². The van der Waals surface area contributed by atoms with Crippen molar-refractivity contribution in [3.63, 3.8) is 0 Å². The molecular formula is C14H23NO6. The first-order valence-electron chi connectivity index (χ1n) is 6.74. The fourth-order valence-electron chi connectivity index (χ4n) is 1.10. The molecule has 0 aromatic heterocycles. The summed E-state index contributed by atoms with van der Waals surface area (Å²) in [6.45, 7) is 8.80. The van der Waals surface area contributed by atoms with Crippen molar-refractivity contribution in [1.82, 2.24) is 0 Å². The van der Waals surface area contributed by atoms with Crippen LogP contribution in [0.4, 0.5) is 0 Å². The van der Waals surface area contributed by atoms with Gasteiger partial charge in [0, 0.05) is 6.08 Å². The van der Waals surface area contributed by atoms with E-state index in [4.69, 9.17) is 9.47 Å². The Bertz CT molecular complexity index is 366. The molecule has 0 aliphatic carbocycles. The monoisotopic (exact) mass is 301 g/mol. The highest BCUT2D eigenvalue weighted by atomic mass is 16.6. The molecular weight excluding hydrogens is 278 g/mol. The van der Waals surface area contributed by atoms with Crippen molar-refractivity contribution >= 4 is 11.9 Å². The van der Waals surface area contributed by atoms with Gasteiger partial charge in [0.2, 0.25) is 0 Å². The van der Waals surface area contributed by atoms with Crippen molar-refractivity contribution in [2.75, 3.05) is 26.4 Å². The van der Waals surface area contributed by atoms with Crippen LogP contribution in [-0.2, 0) is 23.8 Å². The van der Waals surface area contributed by atoms with Crippen molar-refractivity contribution < 1.29 is 23.8 Å². The molecule has 0 saturated carbocycles. The van der Waals surface area contributed by atoms with E-state index in [9.17, 15) is 14.5 Å². The molecule has 0 aromatic rings. The number of ether oxygens (including phenoxy) is 3. The number of hydrogen-bond acceptors (Lipinski definition) is 7. The molecule has 0 saturated heterocycles. The number of nitroso groups, excluding NO2 is 1. The summed E-state index contributed by atoms with van der Waals surface area (Å²) in [5.41, 5.74) is -0.522. The Labute approximate surface area is 124 Å². The second kappa shape index (κ2) is 10.0. The van der Waals surface area contributed by atoms with Gasteiger partial charge in [-0.15, -0.1) is 0 Å². The van der Waals surface area contributed by atoms with E-state index in [2.05, 4.69) is 16.5 Å². The zero-order chi connectivity index (χ0) is 16.3. The van der Waals surface area contributed by atoms with Crippen LogP contribution >= 0.6 is 0 Å². The second-order valence-electron chi connectivity index (χ2n) is 5.04. The average molecular weight is 301 g/mol.